The van der Waals surface area contributed by atoms with Crippen molar-refractivity contribution >= 4 is 43.3 Å². The van der Waals surface area contributed by atoms with Gasteiger partial charge in [0.15, 0.2) is 5.71 Å². The lowest BCUT2D eigenvalue weighted by Crippen LogP contribution is -2.30. The van der Waals surface area contributed by atoms with Crippen molar-refractivity contribution in [1.29, 1.82) is 0 Å². The zero-order valence-electron chi connectivity index (χ0n) is 31.8. The van der Waals surface area contributed by atoms with Crippen LogP contribution < -0.4 is 4.90 Å². The largest absolute Gasteiger partial charge is 0.481 e. The van der Waals surface area contributed by atoms with Crippen molar-refractivity contribution < 1.29 is 66.8 Å². The number of anilines is 1. The van der Waals surface area contributed by atoms with Gasteiger partial charge < -0.3 is 10.0 Å². The van der Waals surface area contributed by atoms with Crippen molar-refractivity contribution in [2.75, 3.05) is 29.5 Å². The first-order valence-electron chi connectivity index (χ1n) is 18.4. The van der Waals surface area contributed by atoms with Crippen LogP contribution in [0.15, 0.2) is 60.3 Å². The molecule has 314 valence electrons. The third-order valence-electron chi connectivity index (χ3n) is 10.3. The van der Waals surface area contributed by atoms with Crippen molar-refractivity contribution in [2.45, 2.75) is 95.6 Å². The molecule has 57 heavy (non-hydrogen) atoms. The van der Waals surface area contributed by atoms with E-state index in [0.29, 0.717) is 43.3 Å². The molecule has 0 spiro atoms. The summed E-state index contributed by atoms with van der Waals surface area (Å²) < 4.78 is 154. The Bertz CT molecular complexity index is 2200. The molecule has 0 bridgehead atoms. The quantitative estimate of drug-likeness (QED) is 0.0415. The minimum Gasteiger partial charge on any atom is -0.481 e. The summed E-state index contributed by atoms with van der Waals surface area (Å²) in [5.74, 6) is -4.87. The molecule has 0 aromatic heterocycles. The summed E-state index contributed by atoms with van der Waals surface area (Å²) in [4.78, 5) is 12.4. The number of allylic oxidation sites excluding steroid dienone is 6. The molecule has 0 saturated carbocycles. The Morgan fingerprint density at radius 2 is 1.44 bits per heavy atom. The van der Waals surface area contributed by atoms with E-state index in [9.17, 15) is 52.7 Å². The van der Waals surface area contributed by atoms with Crippen LogP contribution in [0.5, 0.6) is 0 Å². The zero-order valence-corrected chi connectivity index (χ0v) is 33.4. The Kier molecular flexibility index (Phi) is 14.3. The molecule has 0 amide bonds. The predicted molar refractivity (Wildman–Crippen MR) is 204 cm³/mol. The van der Waals surface area contributed by atoms with Crippen molar-refractivity contribution in [3.63, 3.8) is 0 Å². The van der Waals surface area contributed by atoms with Gasteiger partial charge in [0.2, 0.25) is 5.69 Å². The number of hydrogen-bond donors (Lipinski definition) is 3. The maximum atomic E-state index is 15.3. The van der Waals surface area contributed by atoms with Gasteiger partial charge in [-0.2, -0.15) is 34.6 Å². The average Bonchev–Trinajstić information content (AvgIpc) is 3.41. The van der Waals surface area contributed by atoms with Gasteiger partial charge in [-0.25, -0.2) is 13.2 Å². The van der Waals surface area contributed by atoms with Gasteiger partial charge in [0.05, 0.1) is 28.0 Å². The highest BCUT2D eigenvalue weighted by Crippen LogP contribution is 2.55. The van der Waals surface area contributed by atoms with Crippen LogP contribution in [0.4, 0.5) is 37.7 Å². The summed E-state index contributed by atoms with van der Waals surface area (Å²) in [5.41, 5.74) is -2.60. The lowest BCUT2D eigenvalue weighted by Gasteiger charge is -2.31. The van der Waals surface area contributed by atoms with Gasteiger partial charge in [-0.05, 0) is 83.1 Å². The topological polar surface area (TPSA) is 152 Å². The summed E-state index contributed by atoms with van der Waals surface area (Å²) in [6.45, 7) is 5.29. The van der Waals surface area contributed by atoms with Gasteiger partial charge in [-0.1, -0.05) is 24.6 Å². The molecule has 2 aromatic rings. The van der Waals surface area contributed by atoms with E-state index in [2.05, 4.69) is 0 Å². The lowest BCUT2D eigenvalue weighted by atomic mass is 9.75. The average molecular weight is 850 g/mol. The highest BCUT2D eigenvalue weighted by atomic mass is 32.2. The number of halogens is 6. The van der Waals surface area contributed by atoms with Crippen molar-refractivity contribution in [1.82, 2.24) is 0 Å². The van der Waals surface area contributed by atoms with E-state index in [-0.39, 0.29) is 67.6 Å². The second-order valence-electron chi connectivity index (χ2n) is 15.0. The van der Waals surface area contributed by atoms with Crippen LogP contribution in [0, 0.1) is 17.5 Å². The summed E-state index contributed by atoms with van der Waals surface area (Å²) in [6, 6.07) is 3.37. The van der Waals surface area contributed by atoms with Crippen LogP contribution >= 0.6 is 0 Å². The number of unbranched alkanes of at least 4 members (excludes halogenated alkanes) is 4. The molecule has 4 rings (SSSR count). The minimum atomic E-state index is -5.00. The Balaban J connectivity index is 1.78. The Labute approximate surface area is 328 Å². The fourth-order valence-corrected chi connectivity index (χ4v) is 8.99. The van der Waals surface area contributed by atoms with Gasteiger partial charge in [0, 0.05) is 54.4 Å². The summed E-state index contributed by atoms with van der Waals surface area (Å²) >= 11 is 0. The number of carbonyl (C=O) groups is 1. The van der Waals surface area contributed by atoms with Crippen molar-refractivity contribution in [3.8, 4) is 0 Å². The van der Waals surface area contributed by atoms with Gasteiger partial charge in [0.25, 0.3) is 20.2 Å². The molecule has 2 aromatic carbocycles. The number of hydrogen-bond acceptors (Lipinski definition) is 6. The molecular formula is C39H47F6N2O8S2+. The van der Waals surface area contributed by atoms with E-state index in [1.807, 2.05) is 0 Å². The SMILES string of the molecule is CC1(C)C(C=CC=CC=C2N(CCCCS(=O)(=O)O)c3cc(F)cc(C(F)(F)F)c3C2(C)CCCCS(=O)(=O)O)=[N+](CCCCCC(=O)O)c2cc(F)cc(F)c21. The first kappa shape index (κ1) is 45.7. The summed E-state index contributed by atoms with van der Waals surface area (Å²) in [6.07, 6.45) is 4.23. The first-order chi connectivity index (χ1) is 26.4. The highest BCUT2D eigenvalue weighted by molar-refractivity contribution is 7.86. The fraction of sp³-hybridized carbons (Fsp3) is 0.487. The molecule has 10 nitrogen and oxygen atoms in total. The van der Waals surface area contributed by atoms with Crippen LogP contribution in [0.25, 0.3) is 0 Å². The minimum absolute atomic E-state index is 0.0226. The second kappa shape index (κ2) is 17.9. The number of rotatable bonds is 19. The van der Waals surface area contributed by atoms with Crippen molar-refractivity contribution in [2.24, 2.45) is 0 Å². The van der Waals surface area contributed by atoms with Crippen LogP contribution in [-0.4, -0.2) is 71.9 Å². The molecule has 0 radical (unpaired) electrons. The standard InChI is InChI=1S/C39H46F6N2O8S2/c1-37(2)32(46(18-10-5-8-16-34(48)49)31-25-27(41)23-29(42)36(31)37)14-6-4-7-15-33-38(3,17-9-12-20-56(50,51)52)35-28(39(43,44)45)22-26(40)24-30(35)47(33)19-11-13-21-57(53,54)55/h4,6-7,14-15,22-25H,5,8-13,16-21H2,1-3H3,(H2-,48,49,50,51,52,53,54,55)/p+1. The molecular weight excluding hydrogens is 803 g/mol. The maximum Gasteiger partial charge on any atom is 0.416 e. The number of carboxylic acids is 1. The van der Waals surface area contributed by atoms with Crippen LogP contribution in [0.1, 0.15) is 95.2 Å². The number of carboxylic acid groups (broad SMARTS) is 1. The number of aliphatic carboxylic acids is 1. The molecule has 0 fully saturated rings. The molecule has 1 unspecified atom stereocenters. The van der Waals surface area contributed by atoms with E-state index in [4.69, 9.17) is 5.11 Å². The van der Waals surface area contributed by atoms with Crippen LogP contribution in [0.2, 0.25) is 0 Å². The Morgan fingerprint density at radius 3 is 2.05 bits per heavy atom. The summed E-state index contributed by atoms with van der Waals surface area (Å²) in [7, 11) is -8.72. The molecule has 2 aliphatic heterocycles. The van der Waals surface area contributed by atoms with Crippen LogP contribution in [0.3, 0.4) is 0 Å². The number of fused-ring (bicyclic) bond motifs is 2. The highest BCUT2D eigenvalue weighted by Gasteiger charge is 2.50. The maximum absolute atomic E-state index is 15.3. The number of nitrogens with zero attached hydrogens (tertiary/aromatic N) is 2. The monoisotopic (exact) mass is 849 g/mol. The predicted octanol–water partition coefficient (Wildman–Crippen LogP) is 8.64. The first-order valence-corrected chi connectivity index (χ1v) is 21.6. The zero-order chi connectivity index (χ0) is 42.6. The molecule has 1 atom stereocenters. The molecule has 3 N–H and O–H groups in total. The number of alkyl halides is 3. The van der Waals surface area contributed by atoms with Gasteiger partial charge in [0.1, 0.15) is 24.0 Å². The van der Waals surface area contributed by atoms with Gasteiger partial charge >= 0.3 is 12.1 Å². The number of benzene rings is 2. The van der Waals surface area contributed by atoms with E-state index < -0.39 is 77.7 Å². The fourth-order valence-electron chi connectivity index (χ4n) is 7.86. The van der Waals surface area contributed by atoms with E-state index in [1.54, 1.807) is 36.7 Å². The van der Waals surface area contributed by atoms with Gasteiger partial charge in [-0.3, -0.25) is 13.9 Å². The Hall–Kier alpha value is -4.00. The molecule has 2 aliphatic rings. The normalized spacial score (nSPS) is 19.1. The van der Waals surface area contributed by atoms with E-state index in [1.165, 1.54) is 30.0 Å². The van der Waals surface area contributed by atoms with Crippen molar-refractivity contribution in [3.05, 3.63) is 94.5 Å². The Morgan fingerprint density at radius 1 is 0.807 bits per heavy atom. The molecule has 0 saturated heterocycles. The van der Waals surface area contributed by atoms with E-state index in [0.717, 1.165) is 12.1 Å². The smallest absolute Gasteiger partial charge is 0.416 e. The second-order valence-corrected chi connectivity index (χ2v) is 18.2. The lowest BCUT2D eigenvalue weighted by molar-refractivity contribution is -0.438. The molecule has 0 aliphatic carbocycles. The third-order valence-corrected chi connectivity index (χ3v) is 11.9. The van der Waals surface area contributed by atoms with Gasteiger partial charge in [-0.15, -0.1) is 0 Å². The third kappa shape index (κ3) is 11.4. The molecule has 2 heterocycles. The van der Waals surface area contributed by atoms with Crippen LogP contribution in [-0.2, 0) is 42.0 Å². The van der Waals surface area contributed by atoms with E-state index >= 15 is 4.39 Å². The molecule has 18 heteroatoms. The summed E-state index contributed by atoms with van der Waals surface area (Å²) in [5, 5.41) is 8.99.